The minimum atomic E-state index is -1.13. The van der Waals surface area contributed by atoms with Gasteiger partial charge in [-0.2, -0.15) is 0 Å². The van der Waals surface area contributed by atoms with Gasteiger partial charge in [-0.05, 0) is 25.1 Å². The Balaban J connectivity index is 1.72. The van der Waals surface area contributed by atoms with Crippen LogP contribution in [0.2, 0.25) is 0 Å². The smallest absolute Gasteiger partial charge is 0.335 e. The van der Waals surface area contributed by atoms with Crippen molar-refractivity contribution < 1.29 is 14.3 Å². The van der Waals surface area contributed by atoms with Crippen LogP contribution < -0.4 is 5.32 Å². The number of carboxylic acid groups (broad SMARTS) is 1. The maximum Gasteiger partial charge on any atom is 0.335 e. The second-order valence-corrected chi connectivity index (χ2v) is 8.02. The van der Waals surface area contributed by atoms with Gasteiger partial charge in [0.15, 0.2) is 0 Å². The van der Waals surface area contributed by atoms with E-state index in [1.165, 1.54) is 17.0 Å². The third-order valence-electron chi connectivity index (χ3n) is 4.36. The standard InChI is InChI=1S/C19H21FN2O2S/c1-11(2)17-22-15-6-7-19(3,9-16(15)25-17)21-10-13-5-4-12(18(23)24)8-14(13)20/h4-8,11,21H,9-10H2,1-3H3,(H,23,24). The molecule has 4 nitrogen and oxygen atoms in total. The van der Waals surface area contributed by atoms with Crippen molar-refractivity contribution in [1.29, 1.82) is 0 Å². The molecule has 0 fully saturated rings. The van der Waals surface area contributed by atoms with Crippen molar-refractivity contribution in [1.82, 2.24) is 10.3 Å². The average Bonchev–Trinajstić information content (AvgIpc) is 2.96. The third-order valence-corrected chi connectivity index (χ3v) is 5.73. The van der Waals surface area contributed by atoms with Gasteiger partial charge in [-0.25, -0.2) is 14.2 Å². The van der Waals surface area contributed by atoms with Crippen molar-refractivity contribution in [3.05, 3.63) is 56.8 Å². The summed E-state index contributed by atoms with van der Waals surface area (Å²) in [7, 11) is 0. The van der Waals surface area contributed by atoms with Crippen molar-refractivity contribution in [2.45, 2.75) is 45.2 Å². The number of carboxylic acids is 1. The average molecular weight is 360 g/mol. The van der Waals surface area contributed by atoms with Crippen LogP contribution in [0.15, 0.2) is 24.3 Å². The summed E-state index contributed by atoms with van der Waals surface area (Å²) in [6, 6.07) is 4.02. The molecule has 1 aromatic heterocycles. The lowest BCUT2D eigenvalue weighted by Crippen LogP contribution is -2.43. The van der Waals surface area contributed by atoms with Crippen molar-refractivity contribution in [3.8, 4) is 0 Å². The first kappa shape index (κ1) is 17.8. The van der Waals surface area contributed by atoms with Gasteiger partial charge < -0.3 is 10.4 Å². The second-order valence-electron chi connectivity index (χ2n) is 6.91. The molecule has 0 spiro atoms. The molecule has 3 rings (SSSR count). The van der Waals surface area contributed by atoms with Crippen molar-refractivity contribution in [3.63, 3.8) is 0 Å². The van der Waals surface area contributed by atoms with Crippen LogP contribution in [0.4, 0.5) is 4.39 Å². The van der Waals surface area contributed by atoms with E-state index in [0.717, 1.165) is 23.2 Å². The second kappa shape index (κ2) is 6.69. The highest BCUT2D eigenvalue weighted by molar-refractivity contribution is 7.12. The number of thiazole rings is 1. The third kappa shape index (κ3) is 3.80. The van der Waals surface area contributed by atoms with Gasteiger partial charge in [-0.1, -0.05) is 26.0 Å². The molecule has 1 aromatic carbocycles. The Labute approximate surface area is 150 Å². The molecular weight excluding hydrogens is 339 g/mol. The minimum Gasteiger partial charge on any atom is -0.478 e. The summed E-state index contributed by atoms with van der Waals surface area (Å²) >= 11 is 1.73. The zero-order valence-corrected chi connectivity index (χ0v) is 15.3. The predicted molar refractivity (Wildman–Crippen MR) is 97.5 cm³/mol. The summed E-state index contributed by atoms with van der Waals surface area (Å²) in [6.45, 7) is 6.67. The SMILES string of the molecule is CC(C)c1nc2c(s1)CC(C)(NCc1ccc(C(=O)O)cc1F)C=C2. The number of fused-ring (bicyclic) bond motifs is 1. The molecule has 25 heavy (non-hydrogen) atoms. The highest BCUT2D eigenvalue weighted by Crippen LogP contribution is 2.33. The number of carbonyl (C=O) groups is 1. The van der Waals surface area contributed by atoms with Crippen molar-refractivity contribution in [2.24, 2.45) is 0 Å². The first-order valence-electron chi connectivity index (χ1n) is 8.23. The fourth-order valence-corrected chi connectivity index (χ4v) is 4.01. The van der Waals surface area contributed by atoms with Crippen LogP contribution in [-0.4, -0.2) is 21.6 Å². The minimum absolute atomic E-state index is 0.0412. The fraction of sp³-hybridized carbons (Fsp3) is 0.368. The summed E-state index contributed by atoms with van der Waals surface area (Å²) in [4.78, 5) is 16.8. The summed E-state index contributed by atoms with van der Waals surface area (Å²) in [6.07, 6.45) is 4.90. The molecular formula is C19H21FN2O2S. The number of benzene rings is 1. The molecule has 1 aliphatic carbocycles. The lowest BCUT2D eigenvalue weighted by molar-refractivity contribution is 0.0696. The summed E-state index contributed by atoms with van der Waals surface area (Å²) in [5.41, 5.74) is 1.16. The highest BCUT2D eigenvalue weighted by atomic mass is 32.1. The molecule has 0 radical (unpaired) electrons. The van der Waals surface area contributed by atoms with Gasteiger partial charge in [0.05, 0.1) is 16.3 Å². The molecule has 0 bridgehead atoms. The monoisotopic (exact) mass is 360 g/mol. The van der Waals surface area contributed by atoms with Crippen LogP contribution in [-0.2, 0) is 13.0 Å². The Morgan fingerprint density at radius 2 is 2.24 bits per heavy atom. The molecule has 1 atom stereocenters. The van der Waals surface area contributed by atoms with Crippen LogP contribution in [0.3, 0.4) is 0 Å². The number of aromatic nitrogens is 1. The first-order chi connectivity index (χ1) is 11.8. The number of aromatic carboxylic acids is 1. The largest absolute Gasteiger partial charge is 0.478 e. The van der Waals surface area contributed by atoms with Gasteiger partial charge in [-0.3, -0.25) is 0 Å². The van der Waals surface area contributed by atoms with E-state index in [9.17, 15) is 9.18 Å². The van der Waals surface area contributed by atoms with E-state index in [1.807, 2.05) is 6.08 Å². The molecule has 132 valence electrons. The van der Waals surface area contributed by atoms with Crippen LogP contribution in [0.1, 0.15) is 58.2 Å². The van der Waals surface area contributed by atoms with E-state index < -0.39 is 11.8 Å². The van der Waals surface area contributed by atoms with E-state index in [0.29, 0.717) is 18.0 Å². The normalized spacial score (nSPS) is 19.2. The molecule has 0 saturated carbocycles. The Bertz CT molecular complexity index is 844. The van der Waals surface area contributed by atoms with E-state index in [4.69, 9.17) is 5.11 Å². The molecule has 2 aromatic rings. The number of hydrogen-bond donors (Lipinski definition) is 2. The molecule has 6 heteroatoms. The van der Waals surface area contributed by atoms with E-state index in [-0.39, 0.29) is 11.1 Å². The Hall–Kier alpha value is -2.05. The van der Waals surface area contributed by atoms with Crippen molar-refractivity contribution >= 4 is 23.4 Å². The topological polar surface area (TPSA) is 62.2 Å². The number of nitrogens with one attached hydrogen (secondary N) is 1. The number of nitrogens with zero attached hydrogens (tertiary/aromatic N) is 1. The Morgan fingerprint density at radius 3 is 2.88 bits per heavy atom. The Kier molecular flexibility index (Phi) is 4.75. The van der Waals surface area contributed by atoms with E-state index >= 15 is 0 Å². The van der Waals surface area contributed by atoms with Gasteiger partial charge >= 0.3 is 5.97 Å². The summed E-state index contributed by atoms with van der Waals surface area (Å²) in [5.74, 6) is -1.22. The molecule has 1 aliphatic rings. The van der Waals surface area contributed by atoms with Crippen LogP contribution >= 0.6 is 11.3 Å². The van der Waals surface area contributed by atoms with Crippen LogP contribution in [0.25, 0.3) is 6.08 Å². The maximum absolute atomic E-state index is 14.1. The summed E-state index contributed by atoms with van der Waals surface area (Å²) < 4.78 is 14.1. The predicted octanol–water partition coefficient (Wildman–Crippen LogP) is 4.22. The van der Waals surface area contributed by atoms with E-state index in [1.54, 1.807) is 11.3 Å². The fourth-order valence-electron chi connectivity index (χ4n) is 2.78. The van der Waals surface area contributed by atoms with Crippen LogP contribution in [0, 0.1) is 5.82 Å². The zero-order valence-electron chi connectivity index (χ0n) is 14.5. The van der Waals surface area contributed by atoms with Crippen LogP contribution in [0.5, 0.6) is 0 Å². The molecule has 1 unspecified atom stereocenters. The number of hydrogen-bond acceptors (Lipinski definition) is 4. The van der Waals surface area contributed by atoms with Gasteiger partial charge in [0.1, 0.15) is 5.82 Å². The van der Waals surface area contributed by atoms with Gasteiger partial charge in [0.2, 0.25) is 0 Å². The molecule has 0 saturated heterocycles. The maximum atomic E-state index is 14.1. The first-order valence-corrected chi connectivity index (χ1v) is 9.04. The van der Waals surface area contributed by atoms with Crippen molar-refractivity contribution in [2.75, 3.05) is 0 Å². The van der Waals surface area contributed by atoms with E-state index in [2.05, 4.69) is 37.1 Å². The lowest BCUT2D eigenvalue weighted by Gasteiger charge is -2.30. The molecule has 2 N–H and O–H groups in total. The zero-order chi connectivity index (χ0) is 18.2. The summed E-state index contributed by atoms with van der Waals surface area (Å²) in [5, 5.41) is 13.4. The number of rotatable bonds is 5. The van der Waals surface area contributed by atoms with Gasteiger partial charge in [-0.15, -0.1) is 11.3 Å². The molecule has 0 aliphatic heterocycles. The molecule has 0 amide bonds. The lowest BCUT2D eigenvalue weighted by atomic mass is 9.91. The van der Waals surface area contributed by atoms with Gasteiger partial charge in [0, 0.05) is 34.9 Å². The quantitative estimate of drug-likeness (QED) is 0.838. The Morgan fingerprint density at radius 1 is 1.48 bits per heavy atom. The van der Waals surface area contributed by atoms with Gasteiger partial charge in [0.25, 0.3) is 0 Å². The molecule has 1 heterocycles. The number of halogens is 1. The highest BCUT2D eigenvalue weighted by Gasteiger charge is 2.28.